The molecule has 0 aliphatic carbocycles. The molecule has 3 rings (SSSR count). The summed E-state index contributed by atoms with van der Waals surface area (Å²) in [6, 6.07) is 1.85. The van der Waals surface area contributed by atoms with Crippen LogP contribution in [0.2, 0.25) is 0 Å². The molecule has 0 bridgehead atoms. The van der Waals surface area contributed by atoms with Gasteiger partial charge in [-0.05, 0) is 32.4 Å². The molecule has 1 fully saturated rings. The zero-order chi connectivity index (χ0) is 15.0. The maximum Gasteiger partial charge on any atom is 0.242 e. The summed E-state index contributed by atoms with van der Waals surface area (Å²) in [7, 11) is -1.74. The third kappa shape index (κ3) is 2.78. The van der Waals surface area contributed by atoms with Crippen molar-refractivity contribution in [1.29, 1.82) is 0 Å². The Morgan fingerprint density at radius 1 is 1.52 bits per heavy atom. The zero-order valence-corrected chi connectivity index (χ0v) is 12.9. The van der Waals surface area contributed by atoms with E-state index < -0.39 is 10.0 Å². The van der Waals surface area contributed by atoms with E-state index >= 15 is 0 Å². The second-order valence-corrected chi connectivity index (χ2v) is 7.16. The van der Waals surface area contributed by atoms with Crippen molar-refractivity contribution in [3.8, 4) is 0 Å². The highest BCUT2D eigenvalue weighted by Gasteiger charge is 2.20. The van der Waals surface area contributed by atoms with Gasteiger partial charge in [-0.3, -0.25) is 4.68 Å². The van der Waals surface area contributed by atoms with Gasteiger partial charge in [0.25, 0.3) is 0 Å². The first-order chi connectivity index (χ1) is 9.97. The fourth-order valence-corrected chi connectivity index (χ4v) is 3.71. The number of hydrogen-bond acceptors (Lipinski definition) is 5. The number of pyridine rings is 1. The van der Waals surface area contributed by atoms with E-state index in [1.807, 2.05) is 6.92 Å². The molecule has 114 valence electrons. The summed E-state index contributed by atoms with van der Waals surface area (Å²) in [6.07, 6.45) is 3.48. The Morgan fingerprint density at radius 3 is 3.05 bits per heavy atom. The molecule has 1 aliphatic rings. The van der Waals surface area contributed by atoms with Gasteiger partial charge in [-0.1, -0.05) is 0 Å². The van der Waals surface area contributed by atoms with Crippen molar-refractivity contribution in [2.75, 3.05) is 13.1 Å². The molecule has 1 atom stereocenters. The van der Waals surface area contributed by atoms with Gasteiger partial charge >= 0.3 is 0 Å². The standard InChI is InChI=1S/C13H19N5O2S/c1-9-12-6-11(8-15-13(12)18(2)17-9)21(19,20)16-7-10-4-3-5-14-10/h6,8,10,14,16H,3-5,7H2,1-2H3. The van der Waals surface area contributed by atoms with Gasteiger partial charge in [-0.2, -0.15) is 5.10 Å². The van der Waals surface area contributed by atoms with Crippen molar-refractivity contribution < 1.29 is 8.42 Å². The number of aromatic nitrogens is 3. The first-order valence-corrected chi connectivity index (χ1v) is 8.48. The van der Waals surface area contributed by atoms with Crippen LogP contribution in [0.4, 0.5) is 0 Å². The molecule has 0 amide bonds. The predicted octanol–water partition coefficient (Wildman–Crippen LogP) is 0.307. The van der Waals surface area contributed by atoms with Gasteiger partial charge in [0.05, 0.1) is 5.69 Å². The Balaban J connectivity index is 1.85. The van der Waals surface area contributed by atoms with Gasteiger partial charge in [0.2, 0.25) is 10.0 Å². The van der Waals surface area contributed by atoms with Crippen LogP contribution in [0.5, 0.6) is 0 Å². The quantitative estimate of drug-likeness (QED) is 0.848. The van der Waals surface area contributed by atoms with Crippen LogP contribution in [0.15, 0.2) is 17.2 Å². The topological polar surface area (TPSA) is 88.9 Å². The van der Waals surface area contributed by atoms with Gasteiger partial charge in [-0.25, -0.2) is 18.1 Å². The summed E-state index contributed by atoms with van der Waals surface area (Å²) >= 11 is 0. The van der Waals surface area contributed by atoms with Gasteiger partial charge < -0.3 is 5.32 Å². The smallest absolute Gasteiger partial charge is 0.242 e. The molecule has 21 heavy (non-hydrogen) atoms. The first kappa shape index (κ1) is 14.4. The molecule has 1 saturated heterocycles. The highest BCUT2D eigenvalue weighted by atomic mass is 32.2. The molecule has 2 aromatic rings. The van der Waals surface area contributed by atoms with Gasteiger partial charge in [0, 0.05) is 31.2 Å². The number of sulfonamides is 1. The second-order valence-electron chi connectivity index (χ2n) is 5.40. The van der Waals surface area contributed by atoms with Gasteiger partial charge in [0.1, 0.15) is 4.90 Å². The molecule has 1 unspecified atom stereocenters. The molecule has 2 N–H and O–H groups in total. The van der Waals surface area contributed by atoms with Crippen LogP contribution >= 0.6 is 0 Å². The maximum absolute atomic E-state index is 12.3. The number of nitrogens with zero attached hydrogens (tertiary/aromatic N) is 3. The van der Waals surface area contributed by atoms with Crippen LogP contribution in [0.1, 0.15) is 18.5 Å². The monoisotopic (exact) mass is 309 g/mol. The zero-order valence-electron chi connectivity index (χ0n) is 12.1. The molecule has 8 heteroatoms. The van der Waals surface area contributed by atoms with Crippen molar-refractivity contribution in [2.24, 2.45) is 7.05 Å². The third-order valence-corrected chi connectivity index (χ3v) is 5.22. The van der Waals surface area contributed by atoms with E-state index in [0.717, 1.165) is 30.5 Å². The lowest BCUT2D eigenvalue weighted by Crippen LogP contribution is -2.37. The Hall–Kier alpha value is -1.51. The molecule has 1 aliphatic heterocycles. The van der Waals surface area contributed by atoms with Crippen LogP contribution < -0.4 is 10.0 Å². The summed E-state index contributed by atoms with van der Waals surface area (Å²) in [5.41, 5.74) is 1.46. The Labute approximate surface area is 123 Å². The summed E-state index contributed by atoms with van der Waals surface area (Å²) in [5.74, 6) is 0. The number of aryl methyl sites for hydroxylation is 2. The normalized spacial score (nSPS) is 19.4. The minimum atomic E-state index is -3.54. The van der Waals surface area contributed by atoms with E-state index in [9.17, 15) is 8.42 Å². The van der Waals surface area contributed by atoms with Gasteiger partial charge in [-0.15, -0.1) is 0 Å². The lowest BCUT2D eigenvalue weighted by molar-refractivity contribution is 0.551. The SMILES string of the molecule is Cc1nn(C)c2ncc(S(=O)(=O)NCC3CCCN3)cc12. The number of hydrogen-bond donors (Lipinski definition) is 2. The maximum atomic E-state index is 12.3. The number of rotatable bonds is 4. The fourth-order valence-electron chi connectivity index (χ4n) is 2.66. The minimum absolute atomic E-state index is 0.184. The van der Waals surface area contributed by atoms with Crippen molar-refractivity contribution in [3.05, 3.63) is 18.0 Å². The predicted molar refractivity (Wildman–Crippen MR) is 79.5 cm³/mol. The lowest BCUT2D eigenvalue weighted by Gasteiger charge is -2.11. The molecule has 0 spiro atoms. The van der Waals surface area contributed by atoms with Crippen molar-refractivity contribution >= 4 is 21.1 Å². The van der Waals surface area contributed by atoms with Gasteiger partial charge in [0.15, 0.2) is 5.65 Å². The average Bonchev–Trinajstić information content (AvgIpc) is 3.06. The van der Waals surface area contributed by atoms with Crippen LogP contribution in [-0.4, -0.2) is 42.3 Å². The lowest BCUT2D eigenvalue weighted by atomic mass is 10.2. The highest BCUT2D eigenvalue weighted by molar-refractivity contribution is 7.89. The second kappa shape index (κ2) is 5.36. The largest absolute Gasteiger partial charge is 0.313 e. The molecule has 2 aromatic heterocycles. The van der Waals surface area contributed by atoms with Crippen molar-refractivity contribution in [1.82, 2.24) is 24.8 Å². The molecule has 0 aromatic carbocycles. The first-order valence-electron chi connectivity index (χ1n) is 7.00. The van der Waals surface area contributed by atoms with Crippen LogP contribution in [0, 0.1) is 6.92 Å². The highest BCUT2D eigenvalue weighted by Crippen LogP contribution is 2.19. The average molecular weight is 309 g/mol. The minimum Gasteiger partial charge on any atom is -0.313 e. The van der Waals surface area contributed by atoms with E-state index in [4.69, 9.17) is 0 Å². The van der Waals surface area contributed by atoms with Crippen LogP contribution in [0.3, 0.4) is 0 Å². The van der Waals surface area contributed by atoms with E-state index in [1.165, 1.54) is 6.20 Å². The Kier molecular flexibility index (Phi) is 3.68. The molecular weight excluding hydrogens is 290 g/mol. The number of nitrogens with one attached hydrogen (secondary N) is 2. The molecule has 0 saturated carbocycles. The van der Waals surface area contributed by atoms with Crippen LogP contribution in [-0.2, 0) is 17.1 Å². The summed E-state index contributed by atoms with van der Waals surface area (Å²) in [5, 5.41) is 8.28. The Morgan fingerprint density at radius 2 is 2.33 bits per heavy atom. The molecule has 7 nitrogen and oxygen atoms in total. The molecule has 3 heterocycles. The fraction of sp³-hybridized carbons (Fsp3) is 0.538. The molecular formula is C13H19N5O2S. The summed E-state index contributed by atoms with van der Waals surface area (Å²) in [4.78, 5) is 4.40. The summed E-state index contributed by atoms with van der Waals surface area (Å²) < 4.78 is 29.0. The number of fused-ring (bicyclic) bond motifs is 1. The summed E-state index contributed by atoms with van der Waals surface area (Å²) in [6.45, 7) is 3.21. The van der Waals surface area contributed by atoms with E-state index in [1.54, 1.807) is 17.8 Å². The van der Waals surface area contributed by atoms with Crippen molar-refractivity contribution in [2.45, 2.75) is 30.7 Å². The van der Waals surface area contributed by atoms with E-state index in [0.29, 0.717) is 12.2 Å². The Bertz CT molecular complexity index is 762. The van der Waals surface area contributed by atoms with E-state index in [-0.39, 0.29) is 10.9 Å². The van der Waals surface area contributed by atoms with Crippen LogP contribution in [0.25, 0.3) is 11.0 Å². The van der Waals surface area contributed by atoms with Crippen molar-refractivity contribution in [3.63, 3.8) is 0 Å². The third-order valence-electron chi connectivity index (χ3n) is 3.83. The van der Waals surface area contributed by atoms with E-state index in [2.05, 4.69) is 20.1 Å². The molecule has 0 radical (unpaired) electrons.